The van der Waals surface area contributed by atoms with Crippen molar-refractivity contribution in [3.63, 3.8) is 0 Å². The number of rotatable bonds is 7. The highest BCUT2D eigenvalue weighted by Crippen LogP contribution is 2.07. The standard InChI is InChI=1S/C12H16F2N2O3/c1-19-12(18)9-2-3-10(15-6-9)7-16(4-5-17)8-11(13)14/h2-3,6,11,17H,4-5,7-8H2,1H3. The number of aromatic nitrogens is 1. The molecule has 19 heavy (non-hydrogen) atoms. The molecule has 1 aromatic rings. The summed E-state index contributed by atoms with van der Waals surface area (Å²) in [6.45, 7) is -0.301. The molecule has 1 rings (SSSR count). The first-order valence-corrected chi connectivity index (χ1v) is 5.71. The third-order valence-electron chi connectivity index (χ3n) is 2.44. The molecule has 0 spiro atoms. The number of ether oxygens (including phenoxy) is 1. The number of pyridine rings is 1. The van der Waals surface area contributed by atoms with Gasteiger partial charge in [0.2, 0.25) is 0 Å². The molecule has 0 amide bonds. The Hall–Kier alpha value is -1.60. The minimum atomic E-state index is -2.47. The largest absolute Gasteiger partial charge is 0.465 e. The summed E-state index contributed by atoms with van der Waals surface area (Å²) in [5.41, 5.74) is 0.843. The minimum Gasteiger partial charge on any atom is -0.465 e. The number of carbonyl (C=O) groups is 1. The molecule has 7 heteroatoms. The van der Waals surface area contributed by atoms with E-state index in [0.717, 1.165) is 0 Å². The zero-order valence-electron chi connectivity index (χ0n) is 10.6. The molecular formula is C12H16F2N2O3. The fraction of sp³-hybridized carbons (Fsp3) is 0.500. The molecule has 0 bridgehead atoms. The van der Waals surface area contributed by atoms with Gasteiger partial charge in [-0.15, -0.1) is 0 Å². The number of aliphatic hydroxyl groups excluding tert-OH is 1. The van der Waals surface area contributed by atoms with E-state index in [1.165, 1.54) is 24.3 Å². The Morgan fingerprint density at radius 1 is 1.53 bits per heavy atom. The number of nitrogens with zero attached hydrogens (tertiary/aromatic N) is 2. The van der Waals surface area contributed by atoms with Crippen molar-refractivity contribution in [3.05, 3.63) is 29.6 Å². The number of alkyl halides is 2. The van der Waals surface area contributed by atoms with Crippen molar-refractivity contribution in [3.8, 4) is 0 Å². The molecule has 0 aliphatic carbocycles. The third kappa shape index (κ3) is 5.27. The van der Waals surface area contributed by atoms with Gasteiger partial charge in [-0.1, -0.05) is 0 Å². The third-order valence-corrected chi connectivity index (χ3v) is 2.44. The minimum absolute atomic E-state index is 0.144. The van der Waals surface area contributed by atoms with Crippen LogP contribution in [0.3, 0.4) is 0 Å². The lowest BCUT2D eigenvalue weighted by Gasteiger charge is -2.20. The number of carbonyl (C=O) groups excluding carboxylic acids is 1. The highest BCUT2D eigenvalue weighted by Gasteiger charge is 2.13. The number of halogens is 2. The predicted molar refractivity (Wildman–Crippen MR) is 63.9 cm³/mol. The van der Waals surface area contributed by atoms with Gasteiger partial charge in [0, 0.05) is 19.3 Å². The van der Waals surface area contributed by atoms with Crippen LogP contribution in [0.5, 0.6) is 0 Å². The number of hydrogen-bond acceptors (Lipinski definition) is 5. The summed E-state index contributed by atoms with van der Waals surface area (Å²) < 4.78 is 29.2. The zero-order chi connectivity index (χ0) is 14.3. The maximum Gasteiger partial charge on any atom is 0.339 e. The Bertz CT molecular complexity index is 398. The van der Waals surface area contributed by atoms with Gasteiger partial charge in [0.1, 0.15) is 0 Å². The van der Waals surface area contributed by atoms with Gasteiger partial charge in [-0.3, -0.25) is 9.88 Å². The second kappa shape index (κ2) is 7.75. The maximum absolute atomic E-state index is 12.3. The fourth-order valence-corrected chi connectivity index (χ4v) is 1.56. The first-order valence-electron chi connectivity index (χ1n) is 5.71. The summed E-state index contributed by atoms with van der Waals surface area (Å²) in [5, 5.41) is 8.81. The maximum atomic E-state index is 12.3. The molecule has 0 radical (unpaired) electrons. The number of esters is 1. The lowest BCUT2D eigenvalue weighted by atomic mass is 10.2. The highest BCUT2D eigenvalue weighted by molar-refractivity contribution is 5.88. The van der Waals surface area contributed by atoms with E-state index >= 15 is 0 Å². The van der Waals surface area contributed by atoms with Gasteiger partial charge in [-0.2, -0.15) is 0 Å². The summed E-state index contributed by atoms with van der Waals surface area (Å²) in [5.74, 6) is -0.501. The molecule has 1 aromatic heterocycles. The van der Waals surface area contributed by atoms with Crippen LogP contribution in [0.15, 0.2) is 18.3 Å². The quantitative estimate of drug-likeness (QED) is 0.749. The van der Waals surface area contributed by atoms with Gasteiger partial charge >= 0.3 is 5.97 Å². The number of aliphatic hydroxyl groups is 1. The van der Waals surface area contributed by atoms with Gasteiger partial charge in [0.05, 0.1) is 31.5 Å². The Balaban J connectivity index is 2.66. The normalized spacial score (nSPS) is 11.1. The fourth-order valence-electron chi connectivity index (χ4n) is 1.56. The van der Waals surface area contributed by atoms with Crippen LogP contribution >= 0.6 is 0 Å². The van der Waals surface area contributed by atoms with Crippen LogP contribution in [-0.4, -0.2) is 54.2 Å². The number of methoxy groups -OCH3 is 1. The van der Waals surface area contributed by atoms with Crippen molar-refractivity contribution in [1.82, 2.24) is 9.88 Å². The summed E-state index contributed by atoms with van der Waals surface area (Å²) in [7, 11) is 1.27. The molecule has 1 heterocycles. The SMILES string of the molecule is COC(=O)c1ccc(CN(CCO)CC(F)F)nc1. The van der Waals surface area contributed by atoms with E-state index in [1.807, 2.05) is 0 Å². The molecule has 0 fully saturated rings. The lowest BCUT2D eigenvalue weighted by Crippen LogP contribution is -2.31. The molecule has 0 aromatic carbocycles. The van der Waals surface area contributed by atoms with Crippen molar-refractivity contribution < 1.29 is 23.4 Å². The Kier molecular flexibility index (Phi) is 6.31. The van der Waals surface area contributed by atoms with E-state index in [-0.39, 0.29) is 19.7 Å². The van der Waals surface area contributed by atoms with Crippen molar-refractivity contribution in [2.75, 3.05) is 26.8 Å². The summed E-state index contributed by atoms with van der Waals surface area (Å²) >= 11 is 0. The monoisotopic (exact) mass is 274 g/mol. The van der Waals surface area contributed by atoms with E-state index in [1.54, 1.807) is 6.07 Å². The average Bonchev–Trinajstić information content (AvgIpc) is 2.38. The topological polar surface area (TPSA) is 62.7 Å². The van der Waals surface area contributed by atoms with Crippen LogP contribution in [-0.2, 0) is 11.3 Å². The summed E-state index contributed by atoms with van der Waals surface area (Å²) in [6.07, 6.45) is -1.14. The van der Waals surface area contributed by atoms with E-state index in [2.05, 4.69) is 9.72 Å². The summed E-state index contributed by atoms with van der Waals surface area (Å²) in [6, 6.07) is 3.09. The van der Waals surface area contributed by atoms with Crippen LogP contribution in [0.2, 0.25) is 0 Å². The van der Waals surface area contributed by atoms with Gasteiger partial charge in [-0.25, -0.2) is 13.6 Å². The smallest absolute Gasteiger partial charge is 0.339 e. The predicted octanol–water partition coefficient (Wildman–Crippen LogP) is 0.928. The molecule has 0 aliphatic rings. The van der Waals surface area contributed by atoms with Gasteiger partial charge < -0.3 is 9.84 Å². The lowest BCUT2D eigenvalue weighted by molar-refractivity contribution is 0.0600. The molecule has 0 aliphatic heterocycles. The molecule has 106 valence electrons. The van der Waals surface area contributed by atoms with Crippen LogP contribution in [0, 0.1) is 0 Å². The Morgan fingerprint density at radius 2 is 2.26 bits per heavy atom. The molecule has 1 N–H and O–H groups in total. The van der Waals surface area contributed by atoms with E-state index in [0.29, 0.717) is 11.3 Å². The molecule has 0 saturated heterocycles. The van der Waals surface area contributed by atoms with Gasteiger partial charge in [0.25, 0.3) is 6.43 Å². The molecule has 0 saturated carbocycles. The number of hydrogen-bond donors (Lipinski definition) is 1. The molecule has 0 unspecified atom stereocenters. The average molecular weight is 274 g/mol. The second-order valence-corrected chi connectivity index (χ2v) is 3.88. The van der Waals surface area contributed by atoms with E-state index in [4.69, 9.17) is 5.11 Å². The Morgan fingerprint density at radius 3 is 2.74 bits per heavy atom. The zero-order valence-corrected chi connectivity index (χ0v) is 10.6. The van der Waals surface area contributed by atoms with Crippen molar-refractivity contribution in [1.29, 1.82) is 0 Å². The second-order valence-electron chi connectivity index (χ2n) is 3.88. The van der Waals surface area contributed by atoms with Crippen molar-refractivity contribution in [2.24, 2.45) is 0 Å². The summed E-state index contributed by atoms with van der Waals surface area (Å²) in [4.78, 5) is 16.6. The first-order chi connectivity index (χ1) is 9.06. The molecule has 0 atom stereocenters. The van der Waals surface area contributed by atoms with Crippen LogP contribution < -0.4 is 0 Å². The van der Waals surface area contributed by atoms with E-state index in [9.17, 15) is 13.6 Å². The Labute approximate surface area is 109 Å². The van der Waals surface area contributed by atoms with Crippen molar-refractivity contribution >= 4 is 5.97 Å². The molecular weight excluding hydrogens is 258 g/mol. The van der Waals surface area contributed by atoms with Crippen LogP contribution in [0.4, 0.5) is 8.78 Å². The van der Waals surface area contributed by atoms with Crippen LogP contribution in [0.25, 0.3) is 0 Å². The molecule has 5 nitrogen and oxygen atoms in total. The van der Waals surface area contributed by atoms with Gasteiger partial charge in [0.15, 0.2) is 0 Å². The van der Waals surface area contributed by atoms with E-state index < -0.39 is 18.9 Å². The van der Waals surface area contributed by atoms with Crippen LogP contribution in [0.1, 0.15) is 16.1 Å². The highest BCUT2D eigenvalue weighted by atomic mass is 19.3. The van der Waals surface area contributed by atoms with Crippen molar-refractivity contribution in [2.45, 2.75) is 13.0 Å². The first kappa shape index (κ1) is 15.5. The van der Waals surface area contributed by atoms with Gasteiger partial charge in [-0.05, 0) is 12.1 Å².